The average molecular weight is 336 g/mol. The van der Waals surface area contributed by atoms with Gasteiger partial charge in [0.2, 0.25) is 0 Å². The van der Waals surface area contributed by atoms with Crippen molar-refractivity contribution in [2.24, 2.45) is 0 Å². The van der Waals surface area contributed by atoms with Crippen molar-refractivity contribution in [2.45, 2.75) is 32.5 Å². The summed E-state index contributed by atoms with van der Waals surface area (Å²) < 4.78 is 40.4. The number of alkyl halides is 3. The van der Waals surface area contributed by atoms with Gasteiger partial charge in [-0.3, -0.25) is 9.48 Å². The van der Waals surface area contributed by atoms with Gasteiger partial charge in [0.25, 0.3) is 5.91 Å². The molecule has 0 saturated carbocycles. The van der Waals surface area contributed by atoms with Crippen LogP contribution in [0.3, 0.4) is 0 Å². The number of hydrogen-bond donors (Lipinski definition) is 1. The van der Waals surface area contributed by atoms with Crippen LogP contribution >= 0.6 is 0 Å². The zero-order valence-corrected chi connectivity index (χ0v) is 13.3. The van der Waals surface area contributed by atoms with Crippen LogP contribution in [0.15, 0.2) is 30.5 Å². The summed E-state index contributed by atoms with van der Waals surface area (Å²) in [6.45, 7) is 4.97. The molecule has 0 unspecified atom stereocenters. The summed E-state index contributed by atoms with van der Waals surface area (Å²) in [6, 6.07) is 6.26. The number of nitriles is 1. The van der Waals surface area contributed by atoms with E-state index in [1.165, 1.54) is 16.8 Å². The van der Waals surface area contributed by atoms with Crippen molar-refractivity contribution >= 4 is 11.6 Å². The van der Waals surface area contributed by atoms with Gasteiger partial charge in [0, 0.05) is 11.9 Å². The second-order valence-electron chi connectivity index (χ2n) is 5.78. The van der Waals surface area contributed by atoms with E-state index in [9.17, 15) is 18.0 Å². The summed E-state index contributed by atoms with van der Waals surface area (Å²) in [6.07, 6.45) is -3.06. The van der Waals surface area contributed by atoms with Crippen molar-refractivity contribution in [1.82, 2.24) is 9.78 Å². The fourth-order valence-corrected chi connectivity index (χ4v) is 2.07. The molecule has 1 N–H and O–H groups in total. The molecule has 0 radical (unpaired) electrons. The number of benzene rings is 1. The second-order valence-corrected chi connectivity index (χ2v) is 5.78. The van der Waals surface area contributed by atoms with Gasteiger partial charge in [0.05, 0.1) is 22.9 Å². The predicted molar refractivity (Wildman–Crippen MR) is 81.1 cm³/mol. The molecular formula is C16H15F3N4O. The molecule has 0 spiro atoms. The highest BCUT2D eigenvalue weighted by molar-refractivity contribution is 5.96. The predicted octanol–water partition coefficient (Wildman–Crippen LogP) is 3.46. The Morgan fingerprint density at radius 3 is 2.46 bits per heavy atom. The van der Waals surface area contributed by atoms with Crippen LogP contribution in [0, 0.1) is 18.3 Å². The van der Waals surface area contributed by atoms with Gasteiger partial charge in [-0.25, -0.2) is 0 Å². The normalized spacial score (nSPS) is 11.9. The van der Waals surface area contributed by atoms with E-state index < -0.39 is 28.7 Å². The van der Waals surface area contributed by atoms with Crippen molar-refractivity contribution in [1.29, 1.82) is 5.26 Å². The highest BCUT2D eigenvalue weighted by Gasteiger charge is 2.35. The zero-order chi connectivity index (χ0) is 18.1. The summed E-state index contributed by atoms with van der Waals surface area (Å²) in [5.74, 6) is -0.525. The van der Waals surface area contributed by atoms with E-state index in [0.29, 0.717) is 5.69 Å². The molecule has 0 bridgehead atoms. The molecule has 2 aromatic rings. The Hall–Kier alpha value is -2.82. The van der Waals surface area contributed by atoms with Crippen LogP contribution in [0.5, 0.6) is 0 Å². The van der Waals surface area contributed by atoms with Gasteiger partial charge in [0.15, 0.2) is 0 Å². The highest BCUT2D eigenvalue weighted by Crippen LogP contribution is 2.33. The van der Waals surface area contributed by atoms with Crippen LogP contribution in [0.2, 0.25) is 0 Å². The van der Waals surface area contributed by atoms with Gasteiger partial charge in [-0.1, -0.05) is 0 Å². The van der Waals surface area contributed by atoms with Crippen LogP contribution in [0.25, 0.3) is 0 Å². The number of amides is 1. The minimum Gasteiger partial charge on any atom is -0.324 e. The van der Waals surface area contributed by atoms with Crippen molar-refractivity contribution in [3.8, 4) is 6.07 Å². The molecule has 1 amide bonds. The fraction of sp³-hybridized carbons (Fsp3) is 0.312. The lowest BCUT2D eigenvalue weighted by Gasteiger charge is -2.24. The fourth-order valence-electron chi connectivity index (χ4n) is 2.07. The first-order valence-electron chi connectivity index (χ1n) is 7.01. The number of carbonyl (C=O) groups excluding carboxylic acids is 1. The Morgan fingerprint density at radius 2 is 1.96 bits per heavy atom. The smallest absolute Gasteiger partial charge is 0.324 e. The van der Waals surface area contributed by atoms with E-state index in [0.717, 1.165) is 12.1 Å². The van der Waals surface area contributed by atoms with E-state index in [4.69, 9.17) is 5.26 Å². The van der Waals surface area contributed by atoms with Gasteiger partial charge < -0.3 is 5.32 Å². The average Bonchev–Trinajstić information content (AvgIpc) is 2.93. The molecule has 5 nitrogen and oxygen atoms in total. The van der Waals surface area contributed by atoms with E-state index in [2.05, 4.69) is 10.4 Å². The van der Waals surface area contributed by atoms with Crippen LogP contribution in [0.4, 0.5) is 18.9 Å². The Kier molecular flexibility index (Phi) is 4.38. The maximum Gasteiger partial charge on any atom is 0.417 e. The summed E-state index contributed by atoms with van der Waals surface area (Å²) >= 11 is 0. The number of nitrogens with one attached hydrogen (secondary N) is 1. The molecule has 8 heteroatoms. The van der Waals surface area contributed by atoms with E-state index in [-0.39, 0.29) is 5.69 Å². The zero-order valence-electron chi connectivity index (χ0n) is 13.3. The summed E-state index contributed by atoms with van der Waals surface area (Å²) in [7, 11) is 0. The molecule has 0 aliphatic heterocycles. The minimum atomic E-state index is -4.68. The molecule has 0 fully saturated rings. The summed E-state index contributed by atoms with van der Waals surface area (Å²) in [4.78, 5) is 12.4. The number of anilines is 1. The van der Waals surface area contributed by atoms with Gasteiger partial charge in [-0.15, -0.1) is 0 Å². The SMILES string of the molecule is Cc1ccn(C(C)(C)C(=O)Nc2ccc(C#N)c(C(F)(F)F)c2)n1. The first-order valence-corrected chi connectivity index (χ1v) is 7.01. The lowest BCUT2D eigenvalue weighted by atomic mass is 10.0. The molecule has 0 atom stereocenters. The standard InChI is InChI=1S/C16H15F3N4O/c1-10-6-7-23(22-10)15(2,3)14(24)21-12-5-4-11(9-20)13(8-12)16(17,18)19/h4-8H,1-3H3,(H,21,24). The van der Waals surface area contributed by atoms with Crippen molar-refractivity contribution < 1.29 is 18.0 Å². The number of carbonyl (C=O) groups is 1. The van der Waals surface area contributed by atoms with Gasteiger partial charge in [0.1, 0.15) is 5.54 Å². The molecule has 0 aliphatic rings. The quantitative estimate of drug-likeness (QED) is 0.933. The van der Waals surface area contributed by atoms with Gasteiger partial charge >= 0.3 is 6.18 Å². The lowest BCUT2D eigenvalue weighted by molar-refractivity contribution is -0.137. The molecule has 1 aromatic carbocycles. The maximum absolute atomic E-state index is 13.0. The van der Waals surface area contributed by atoms with Gasteiger partial charge in [-0.2, -0.15) is 23.5 Å². The summed E-state index contributed by atoms with van der Waals surface area (Å²) in [5.41, 5.74) is -2.00. The summed E-state index contributed by atoms with van der Waals surface area (Å²) in [5, 5.41) is 15.4. The molecule has 0 aliphatic carbocycles. The first kappa shape index (κ1) is 17.5. The van der Waals surface area contributed by atoms with Crippen molar-refractivity contribution in [3.05, 3.63) is 47.3 Å². The van der Waals surface area contributed by atoms with Crippen LogP contribution in [-0.4, -0.2) is 15.7 Å². The molecule has 0 saturated heterocycles. The third-order valence-electron chi connectivity index (χ3n) is 3.55. The topological polar surface area (TPSA) is 70.7 Å². The molecule has 126 valence electrons. The van der Waals surface area contributed by atoms with Gasteiger partial charge in [-0.05, 0) is 45.0 Å². The second kappa shape index (κ2) is 6.00. The number of aromatic nitrogens is 2. The Balaban J connectivity index is 2.31. The number of halogens is 3. The van der Waals surface area contributed by atoms with E-state index in [1.54, 1.807) is 33.0 Å². The first-order chi connectivity index (χ1) is 11.1. The molecule has 1 heterocycles. The minimum absolute atomic E-state index is 0.0386. The molecule has 1 aromatic heterocycles. The Bertz CT molecular complexity index is 815. The Morgan fingerprint density at radius 1 is 1.29 bits per heavy atom. The third kappa shape index (κ3) is 3.40. The van der Waals surface area contributed by atoms with Crippen LogP contribution < -0.4 is 5.32 Å². The molecular weight excluding hydrogens is 321 g/mol. The maximum atomic E-state index is 13.0. The largest absolute Gasteiger partial charge is 0.417 e. The van der Waals surface area contributed by atoms with Crippen LogP contribution in [0.1, 0.15) is 30.7 Å². The third-order valence-corrected chi connectivity index (χ3v) is 3.55. The monoisotopic (exact) mass is 336 g/mol. The van der Waals surface area contributed by atoms with Crippen LogP contribution in [-0.2, 0) is 16.5 Å². The van der Waals surface area contributed by atoms with E-state index >= 15 is 0 Å². The highest BCUT2D eigenvalue weighted by atomic mass is 19.4. The van der Waals surface area contributed by atoms with Crippen molar-refractivity contribution in [3.63, 3.8) is 0 Å². The molecule has 24 heavy (non-hydrogen) atoms. The van der Waals surface area contributed by atoms with Crippen molar-refractivity contribution in [2.75, 3.05) is 5.32 Å². The number of aryl methyl sites for hydroxylation is 1. The number of rotatable bonds is 3. The number of nitrogens with zero attached hydrogens (tertiary/aromatic N) is 3. The number of hydrogen-bond acceptors (Lipinski definition) is 3. The molecule has 2 rings (SSSR count). The van der Waals surface area contributed by atoms with E-state index in [1.807, 2.05) is 0 Å². The lowest BCUT2D eigenvalue weighted by Crippen LogP contribution is -2.40. The Labute approximate surface area is 136 Å².